The zero-order valence-electron chi connectivity index (χ0n) is 16.4. The Balaban J connectivity index is 1.62. The fourth-order valence-electron chi connectivity index (χ4n) is 4.33. The van der Waals surface area contributed by atoms with Crippen LogP contribution in [0.2, 0.25) is 0 Å². The highest BCUT2D eigenvalue weighted by atomic mass is 16.2. The molecule has 148 valence electrons. The first-order chi connectivity index (χ1) is 13.6. The van der Waals surface area contributed by atoms with Crippen molar-refractivity contribution >= 4 is 17.6 Å². The van der Waals surface area contributed by atoms with E-state index in [-0.39, 0.29) is 18.0 Å². The monoisotopic (exact) mass is 380 g/mol. The van der Waals surface area contributed by atoms with Gasteiger partial charge in [-0.15, -0.1) is 0 Å². The van der Waals surface area contributed by atoms with Gasteiger partial charge < -0.3 is 14.8 Å². The van der Waals surface area contributed by atoms with Crippen molar-refractivity contribution in [1.82, 2.24) is 14.8 Å². The van der Waals surface area contributed by atoms with Crippen LogP contribution in [0.15, 0.2) is 42.6 Å². The summed E-state index contributed by atoms with van der Waals surface area (Å²) < 4.78 is 2.12. The number of benzene rings is 1. The molecule has 0 spiro atoms. The summed E-state index contributed by atoms with van der Waals surface area (Å²) in [5.41, 5.74) is 2.62. The van der Waals surface area contributed by atoms with Crippen molar-refractivity contribution in [2.24, 2.45) is 7.05 Å². The Morgan fingerprint density at radius 1 is 1.07 bits per heavy atom. The highest BCUT2D eigenvalue weighted by Gasteiger charge is 2.29. The molecule has 2 aliphatic rings. The molecule has 6 heteroatoms. The van der Waals surface area contributed by atoms with Crippen molar-refractivity contribution in [3.8, 4) is 0 Å². The molecule has 2 aliphatic heterocycles. The van der Waals surface area contributed by atoms with Crippen LogP contribution in [0.5, 0.6) is 0 Å². The molecule has 2 fully saturated rings. The van der Waals surface area contributed by atoms with E-state index < -0.39 is 0 Å². The summed E-state index contributed by atoms with van der Waals surface area (Å²) in [6, 6.07) is 11.7. The third-order valence-electron chi connectivity index (χ3n) is 5.82. The fraction of sp³-hybridized carbons (Fsp3) is 0.455. The molecule has 4 rings (SSSR count). The first kappa shape index (κ1) is 18.6. The minimum Gasteiger partial charge on any atom is -0.353 e. The maximum absolute atomic E-state index is 13.5. The summed E-state index contributed by atoms with van der Waals surface area (Å²) in [5, 5.41) is 2.87. The maximum atomic E-state index is 13.5. The van der Waals surface area contributed by atoms with E-state index in [1.807, 2.05) is 48.5 Å². The average molecular weight is 380 g/mol. The Morgan fingerprint density at radius 2 is 1.96 bits per heavy atom. The number of aromatic nitrogens is 1. The number of anilines is 1. The number of carbonyl (C=O) groups is 2. The van der Waals surface area contributed by atoms with Crippen LogP contribution in [-0.2, 0) is 7.05 Å². The summed E-state index contributed by atoms with van der Waals surface area (Å²) >= 11 is 0. The van der Waals surface area contributed by atoms with Crippen LogP contribution in [0.3, 0.4) is 0 Å². The molecule has 1 atom stereocenters. The third-order valence-corrected chi connectivity index (χ3v) is 5.82. The highest BCUT2D eigenvalue weighted by Crippen LogP contribution is 2.32. The summed E-state index contributed by atoms with van der Waals surface area (Å²) in [6.45, 7) is 2.16. The Hall–Kier alpha value is -2.76. The largest absolute Gasteiger partial charge is 0.353 e. The van der Waals surface area contributed by atoms with E-state index in [2.05, 4.69) is 16.0 Å². The summed E-state index contributed by atoms with van der Waals surface area (Å²) in [5.74, 6) is 0.0485. The van der Waals surface area contributed by atoms with Crippen molar-refractivity contribution in [3.05, 3.63) is 53.9 Å². The second-order valence-corrected chi connectivity index (χ2v) is 7.70. The van der Waals surface area contributed by atoms with E-state index in [1.165, 1.54) is 5.69 Å². The number of rotatable bonds is 3. The fourth-order valence-corrected chi connectivity index (χ4v) is 4.33. The lowest BCUT2D eigenvalue weighted by Crippen LogP contribution is -2.46. The molecule has 28 heavy (non-hydrogen) atoms. The minimum absolute atomic E-state index is 0.0485. The number of urea groups is 1. The van der Waals surface area contributed by atoms with Gasteiger partial charge in [-0.1, -0.05) is 18.9 Å². The number of aryl methyl sites for hydroxylation is 1. The molecule has 2 aromatic rings. The van der Waals surface area contributed by atoms with E-state index in [4.69, 9.17) is 0 Å². The number of hydrogen-bond donors (Lipinski definition) is 1. The van der Waals surface area contributed by atoms with Gasteiger partial charge in [-0.2, -0.15) is 0 Å². The summed E-state index contributed by atoms with van der Waals surface area (Å²) in [7, 11) is 2.04. The highest BCUT2D eigenvalue weighted by molar-refractivity contribution is 5.98. The summed E-state index contributed by atoms with van der Waals surface area (Å²) in [4.78, 5) is 29.4. The first-order valence-electron chi connectivity index (χ1n) is 10.2. The quantitative estimate of drug-likeness (QED) is 0.883. The van der Waals surface area contributed by atoms with Crippen LogP contribution >= 0.6 is 0 Å². The molecule has 0 saturated carbocycles. The molecule has 0 radical (unpaired) electrons. The van der Waals surface area contributed by atoms with Gasteiger partial charge >= 0.3 is 6.03 Å². The van der Waals surface area contributed by atoms with Gasteiger partial charge in [0, 0.05) is 49.8 Å². The normalized spacial score (nSPS) is 20.6. The average Bonchev–Trinajstić information content (AvgIpc) is 2.99. The van der Waals surface area contributed by atoms with Crippen LogP contribution in [0.25, 0.3) is 0 Å². The van der Waals surface area contributed by atoms with Crippen molar-refractivity contribution in [1.29, 1.82) is 0 Å². The molecular formula is C22H28N4O2. The molecule has 1 aromatic carbocycles. The lowest BCUT2D eigenvalue weighted by molar-refractivity contribution is 0.0674. The number of hydrogen-bond acceptors (Lipinski definition) is 2. The van der Waals surface area contributed by atoms with Crippen molar-refractivity contribution in [2.75, 3.05) is 24.5 Å². The predicted octanol–water partition coefficient (Wildman–Crippen LogP) is 3.70. The number of carbonyl (C=O) groups excluding carboxylic acids is 2. The lowest BCUT2D eigenvalue weighted by Gasteiger charge is -2.31. The lowest BCUT2D eigenvalue weighted by atomic mass is 10.0. The van der Waals surface area contributed by atoms with E-state index >= 15 is 0 Å². The second kappa shape index (κ2) is 8.09. The maximum Gasteiger partial charge on any atom is 0.321 e. The molecule has 0 aliphatic carbocycles. The van der Waals surface area contributed by atoms with Gasteiger partial charge in [0.2, 0.25) is 0 Å². The SMILES string of the molecule is Cn1cccc1C1CCCCCN1C(=O)c1cccc(N2CCCNC2=O)c1. The molecule has 3 heterocycles. The second-order valence-electron chi connectivity index (χ2n) is 7.70. The van der Waals surface area contributed by atoms with Gasteiger partial charge in [-0.3, -0.25) is 9.69 Å². The third kappa shape index (κ3) is 3.63. The Kier molecular flexibility index (Phi) is 5.37. The van der Waals surface area contributed by atoms with Gasteiger partial charge in [0.05, 0.1) is 6.04 Å². The van der Waals surface area contributed by atoms with Crippen LogP contribution in [0, 0.1) is 0 Å². The van der Waals surface area contributed by atoms with Crippen LogP contribution in [0.1, 0.15) is 54.2 Å². The van der Waals surface area contributed by atoms with E-state index in [1.54, 1.807) is 4.90 Å². The van der Waals surface area contributed by atoms with Crippen LogP contribution in [-0.4, -0.2) is 41.0 Å². The summed E-state index contributed by atoms with van der Waals surface area (Å²) in [6.07, 6.45) is 7.25. The molecule has 3 amide bonds. The van der Waals surface area contributed by atoms with Gasteiger partial charge in [-0.05, 0) is 49.6 Å². The van der Waals surface area contributed by atoms with E-state index in [0.717, 1.165) is 44.3 Å². The van der Waals surface area contributed by atoms with E-state index in [9.17, 15) is 9.59 Å². The number of nitrogens with zero attached hydrogens (tertiary/aromatic N) is 3. The Bertz CT molecular complexity index is 860. The zero-order valence-corrected chi connectivity index (χ0v) is 16.4. The number of nitrogens with one attached hydrogen (secondary N) is 1. The smallest absolute Gasteiger partial charge is 0.321 e. The molecular weight excluding hydrogens is 352 g/mol. The van der Waals surface area contributed by atoms with Gasteiger partial charge in [0.25, 0.3) is 5.91 Å². The molecule has 6 nitrogen and oxygen atoms in total. The number of likely N-dealkylation sites (tertiary alicyclic amines) is 1. The first-order valence-corrected chi connectivity index (χ1v) is 10.2. The predicted molar refractivity (Wildman–Crippen MR) is 109 cm³/mol. The zero-order chi connectivity index (χ0) is 19.5. The standard InChI is InChI=1S/C22H28N4O2/c1-24-13-6-11-19(24)20-10-3-2-4-14-26(20)21(27)17-8-5-9-18(16-17)25-15-7-12-23-22(25)28/h5-6,8-9,11,13,16,20H,2-4,7,10,12,14-15H2,1H3,(H,23,28). The molecule has 1 N–H and O–H groups in total. The molecule has 2 saturated heterocycles. The molecule has 0 bridgehead atoms. The Morgan fingerprint density at radius 3 is 2.75 bits per heavy atom. The minimum atomic E-state index is -0.0905. The van der Waals surface area contributed by atoms with Gasteiger partial charge in [0.15, 0.2) is 0 Å². The topological polar surface area (TPSA) is 57.6 Å². The van der Waals surface area contributed by atoms with Crippen molar-refractivity contribution in [2.45, 2.75) is 38.1 Å². The molecule has 1 unspecified atom stereocenters. The van der Waals surface area contributed by atoms with Crippen LogP contribution in [0.4, 0.5) is 10.5 Å². The van der Waals surface area contributed by atoms with Gasteiger partial charge in [0.1, 0.15) is 0 Å². The molecule has 1 aromatic heterocycles. The van der Waals surface area contributed by atoms with Gasteiger partial charge in [-0.25, -0.2) is 4.79 Å². The van der Waals surface area contributed by atoms with Crippen molar-refractivity contribution in [3.63, 3.8) is 0 Å². The van der Waals surface area contributed by atoms with E-state index in [0.29, 0.717) is 18.7 Å². The Labute approximate surface area is 166 Å². The van der Waals surface area contributed by atoms with Crippen LogP contribution < -0.4 is 10.2 Å². The van der Waals surface area contributed by atoms with Crippen molar-refractivity contribution < 1.29 is 9.59 Å². The number of amides is 3.